The van der Waals surface area contributed by atoms with Gasteiger partial charge in [-0.1, -0.05) is 26.2 Å². The lowest BCUT2D eigenvalue weighted by molar-refractivity contribution is -0.147. The molecule has 1 saturated carbocycles. The molecule has 0 aromatic heterocycles. The zero-order chi connectivity index (χ0) is 13.8. The Morgan fingerprint density at radius 2 is 1.89 bits per heavy atom. The Morgan fingerprint density at radius 3 is 2.39 bits per heavy atom. The third kappa shape index (κ3) is 3.45. The number of hydrogen-bond acceptors (Lipinski definition) is 4. The zero-order valence-corrected chi connectivity index (χ0v) is 11.6. The number of carbonyl (C=O) groups excluding carboxylic acids is 2. The van der Waals surface area contributed by atoms with Crippen LogP contribution in [0.2, 0.25) is 0 Å². The molecule has 5 heteroatoms. The van der Waals surface area contributed by atoms with Gasteiger partial charge in [-0.05, 0) is 12.8 Å². The number of hydrogen-bond donors (Lipinski definition) is 1. The average molecular weight is 256 g/mol. The molecule has 5 nitrogen and oxygen atoms in total. The Bertz CT molecular complexity index is 311. The van der Waals surface area contributed by atoms with E-state index in [0.29, 0.717) is 6.54 Å². The summed E-state index contributed by atoms with van der Waals surface area (Å²) in [7, 11) is 3.05. The van der Waals surface area contributed by atoms with Crippen LogP contribution in [0.1, 0.15) is 39.0 Å². The Balaban J connectivity index is 2.57. The van der Waals surface area contributed by atoms with Crippen molar-refractivity contribution in [3.8, 4) is 0 Å². The summed E-state index contributed by atoms with van der Waals surface area (Å²) in [5.74, 6) is -0.682. The summed E-state index contributed by atoms with van der Waals surface area (Å²) in [5, 5.41) is 0. The number of amides is 1. The van der Waals surface area contributed by atoms with Crippen LogP contribution in [-0.4, -0.2) is 43.0 Å². The van der Waals surface area contributed by atoms with E-state index in [1.165, 1.54) is 7.11 Å². The van der Waals surface area contributed by atoms with E-state index < -0.39 is 5.54 Å². The molecule has 1 rings (SSSR count). The van der Waals surface area contributed by atoms with Crippen LogP contribution in [0.15, 0.2) is 0 Å². The Hall–Kier alpha value is -1.10. The highest BCUT2D eigenvalue weighted by Gasteiger charge is 2.37. The SMILES string of the molecule is COC(=O)C(C)CN(C)C(=O)C1(N)CCCCC1. The van der Waals surface area contributed by atoms with E-state index in [1.807, 2.05) is 0 Å². The number of nitrogens with zero attached hydrogens (tertiary/aromatic N) is 1. The maximum absolute atomic E-state index is 12.3. The maximum atomic E-state index is 12.3. The molecule has 1 atom stereocenters. The number of nitrogens with two attached hydrogens (primary N) is 1. The summed E-state index contributed by atoms with van der Waals surface area (Å²) in [6.45, 7) is 2.10. The lowest BCUT2D eigenvalue weighted by Crippen LogP contribution is -2.56. The smallest absolute Gasteiger partial charge is 0.310 e. The number of esters is 1. The molecule has 0 radical (unpaired) electrons. The molecular weight excluding hydrogens is 232 g/mol. The summed E-state index contributed by atoms with van der Waals surface area (Å²) in [4.78, 5) is 25.2. The Labute approximate surface area is 109 Å². The third-order valence-electron chi connectivity index (χ3n) is 3.67. The molecule has 1 unspecified atom stereocenters. The largest absolute Gasteiger partial charge is 0.469 e. The van der Waals surface area contributed by atoms with Gasteiger partial charge in [0.05, 0.1) is 18.6 Å². The van der Waals surface area contributed by atoms with E-state index in [1.54, 1.807) is 18.9 Å². The Kier molecular flexibility index (Phi) is 5.14. The lowest BCUT2D eigenvalue weighted by Gasteiger charge is -2.35. The van der Waals surface area contributed by atoms with Crippen molar-refractivity contribution in [2.24, 2.45) is 11.7 Å². The van der Waals surface area contributed by atoms with Gasteiger partial charge in [-0.25, -0.2) is 0 Å². The van der Waals surface area contributed by atoms with Crippen molar-refractivity contribution >= 4 is 11.9 Å². The van der Waals surface area contributed by atoms with Crippen molar-refractivity contribution in [3.63, 3.8) is 0 Å². The van der Waals surface area contributed by atoms with Crippen molar-refractivity contribution in [2.45, 2.75) is 44.6 Å². The molecular formula is C13H24N2O3. The van der Waals surface area contributed by atoms with Gasteiger partial charge in [-0.15, -0.1) is 0 Å². The molecule has 104 valence electrons. The predicted molar refractivity (Wildman–Crippen MR) is 68.8 cm³/mol. The third-order valence-corrected chi connectivity index (χ3v) is 3.67. The van der Waals surface area contributed by atoms with E-state index in [9.17, 15) is 9.59 Å². The van der Waals surface area contributed by atoms with Gasteiger partial charge in [-0.3, -0.25) is 9.59 Å². The van der Waals surface area contributed by atoms with Gasteiger partial charge in [0.1, 0.15) is 0 Å². The van der Waals surface area contributed by atoms with Crippen molar-refractivity contribution in [1.82, 2.24) is 4.90 Å². The van der Waals surface area contributed by atoms with Crippen molar-refractivity contribution < 1.29 is 14.3 Å². The first-order valence-electron chi connectivity index (χ1n) is 6.53. The van der Waals surface area contributed by atoms with Gasteiger partial charge in [0.15, 0.2) is 0 Å². The second kappa shape index (κ2) is 6.18. The first kappa shape index (κ1) is 15.0. The maximum Gasteiger partial charge on any atom is 0.310 e. The quantitative estimate of drug-likeness (QED) is 0.759. The number of ether oxygens (including phenoxy) is 1. The van der Waals surface area contributed by atoms with Crippen LogP contribution in [-0.2, 0) is 14.3 Å². The molecule has 0 aromatic rings. The van der Waals surface area contributed by atoms with E-state index in [2.05, 4.69) is 4.74 Å². The molecule has 18 heavy (non-hydrogen) atoms. The molecule has 1 fully saturated rings. The predicted octanol–water partition coefficient (Wildman–Crippen LogP) is 0.915. The van der Waals surface area contributed by atoms with Crippen LogP contribution >= 0.6 is 0 Å². The van der Waals surface area contributed by atoms with Gasteiger partial charge in [-0.2, -0.15) is 0 Å². The van der Waals surface area contributed by atoms with Gasteiger partial charge in [0, 0.05) is 13.6 Å². The summed E-state index contributed by atoms with van der Waals surface area (Å²) in [5.41, 5.74) is 5.45. The van der Waals surface area contributed by atoms with E-state index in [-0.39, 0.29) is 17.8 Å². The minimum Gasteiger partial charge on any atom is -0.469 e. The highest BCUT2D eigenvalue weighted by atomic mass is 16.5. The van der Waals surface area contributed by atoms with E-state index >= 15 is 0 Å². The summed E-state index contributed by atoms with van der Waals surface area (Å²) in [6.07, 6.45) is 4.63. The van der Waals surface area contributed by atoms with E-state index in [0.717, 1.165) is 32.1 Å². The molecule has 0 heterocycles. The average Bonchev–Trinajstić information content (AvgIpc) is 2.37. The Morgan fingerprint density at radius 1 is 1.33 bits per heavy atom. The van der Waals surface area contributed by atoms with Gasteiger partial charge < -0.3 is 15.4 Å². The summed E-state index contributed by atoms with van der Waals surface area (Å²) in [6, 6.07) is 0. The van der Waals surface area contributed by atoms with Crippen molar-refractivity contribution in [2.75, 3.05) is 20.7 Å². The first-order valence-corrected chi connectivity index (χ1v) is 6.53. The zero-order valence-electron chi connectivity index (χ0n) is 11.6. The number of carbonyl (C=O) groups is 2. The van der Waals surface area contributed by atoms with Crippen molar-refractivity contribution in [1.29, 1.82) is 0 Å². The van der Waals surface area contributed by atoms with Crippen LogP contribution in [0.3, 0.4) is 0 Å². The molecule has 0 bridgehead atoms. The number of likely N-dealkylation sites (N-methyl/N-ethyl adjacent to an activating group) is 1. The van der Waals surface area contributed by atoms with Crippen LogP contribution in [0.5, 0.6) is 0 Å². The fourth-order valence-electron chi connectivity index (χ4n) is 2.55. The minimum absolute atomic E-state index is 0.0575. The lowest BCUT2D eigenvalue weighted by atomic mass is 9.81. The number of methoxy groups -OCH3 is 1. The molecule has 0 saturated heterocycles. The highest BCUT2D eigenvalue weighted by molar-refractivity contribution is 5.86. The number of rotatable bonds is 4. The van der Waals surface area contributed by atoms with Crippen LogP contribution in [0.4, 0.5) is 0 Å². The van der Waals surface area contributed by atoms with Gasteiger partial charge in [0.25, 0.3) is 0 Å². The molecule has 1 aliphatic carbocycles. The van der Waals surface area contributed by atoms with Crippen molar-refractivity contribution in [3.05, 3.63) is 0 Å². The molecule has 0 aromatic carbocycles. The first-order chi connectivity index (χ1) is 8.40. The van der Waals surface area contributed by atoms with Gasteiger partial charge >= 0.3 is 5.97 Å². The fraction of sp³-hybridized carbons (Fsp3) is 0.846. The second-order valence-electron chi connectivity index (χ2n) is 5.33. The normalized spacial score (nSPS) is 20.0. The molecule has 0 spiro atoms. The summed E-state index contributed by atoms with van der Waals surface area (Å²) < 4.78 is 4.66. The molecule has 2 N–H and O–H groups in total. The monoisotopic (exact) mass is 256 g/mol. The molecule has 1 amide bonds. The van der Waals surface area contributed by atoms with E-state index in [4.69, 9.17) is 5.73 Å². The van der Waals surface area contributed by atoms with Crippen LogP contribution in [0, 0.1) is 5.92 Å². The second-order valence-corrected chi connectivity index (χ2v) is 5.33. The van der Waals surface area contributed by atoms with Crippen LogP contribution < -0.4 is 5.73 Å². The van der Waals surface area contributed by atoms with Crippen LogP contribution in [0.25, 0.3) is 0 Å². The minimum atomic E-state index is -0.733. The standard InChI is InChI=1S/C13H24N2O3/c1-10(11(16)18-3)9-15(2)12(17)13(14)7-5-4-6-8-13/h10H,4-9,14H2,1-3H3. The van der Waals surface area contributed by atoms with Gasteiger partial charge in [0.2, 0.25) is 5.91 Å². The molecule has 1 aliphatic rings. The molecule has 0 aliphatic heterocycles. The fourth-order valence-corrected chi connectivity index (χ4v) is 2.55. The topological polar surface area (TPSA) is 72.6 Å². The highest BCUT2D eigenvalue weighted by Crippen LogP contribution is 2.27. The summed E-state index contributed by atoms with van der Waals surface area (Å²) >= 11 is 0.